The van der Waals surface area contributed by atoms with E-state index in [0.717, 1.165) is 37.7 Å². The summed E-state index contributed by atoms with van der Waals surface area (Å²) in [5.74, 6) is 1.67. The van der Waals surface area contributed by atoms with Gasteiger partial charge in [-0.05, 0) is 25.2 Å². The number of rotatable bonds is 4. The van der Waals surface area contributed by atoms with Gasteiger partial charge in [-0.1, -0.05) is 6.07 Å². The van der Waals surface area contributed by atoms with E-state index in [1.54, 1.807) is 14.2 Å². The van der Waals surface area contributed by atoms with Crippen molar-refractivity contribution in [3.8, 4) is 11.5 Å². The molecule has 21 heavy (non-hydrogen) atoms. The average molecular weight is 309 g/mol. The van der Waals surface area contributed by atoms with Gasteiger partial charge in [-0.25, -0.2) is 0 Å². The van der Waals surface area contributed by atoms with Crippen LogP contribution in [-0.2, 0) is 0 Å². The molecular weight excluding hydrogens is 286 g/mol. The maximum atomic E-state index is 5.68. The van der Waals surface area contributed by atoms with Crippen molar-refractivity contribution in [2.75, 3.05) is 40.4 Å². The Hall–Kier alpha value is -1.53. The van der Waals surface area contributed by atoms with E-state index in [0.29, 0.717) is 5.11 Å². The van der Waals surface area contributed by atoms with Crippen LogP contribution in [0.1, 0.15) is 18.5 Å². The van der Waals surface area contributed by atoms with Crippen molar-refractivity contribution in [2.45, 2.75) is 13.0 Å². The summed E-state index contributed by atoms with van der Waals surface area (Å²) in [5.41, 5.74) is 6.85. The number of thiocarbonyl (C=S) groups is 1. The van der Waals surface area contributed by atoms with E-state index in [1.807, 2.05) is 17.0 Å². The average Bonchev–Trinajstić information content (AvgIpc) is 2.53. The van der Waals surface area contributed by atoms with Crippen molar-refractivity contribution in [2.24, 2.45) is 5.73 Å². The topological polar surface area (TPSA) is 51.0 Å². The van der Waals surface area contributed by atoms with Gasteiger partial charge < -0.3 is 20.1 Å². The molecule has 0 bridgehead atoms. The highest BCUT2D eigenvalue weighted by Crippen LogP contribution is 2.32. The van der Waals surface area contributed by atoms with Crippen molar-refractivity contribution in [1.29, 1.82) is 0 Å². The highest BCUT2D eigenvalue weighted by Gasteiger charge is 2.24. The van der Waals surface area contributed by atoms with Crippen LogP contribution in [0.15, 0.2) is 18.2 Å². The van der Waals surface area contributed by atoms with E-state index < -0.39 is 0 Å². The zero-order valence-electron chi connectivity index (χ0n) is 12.8. The van der Waals surface area contributed by atoms with Gasteiger partial charge in [0.1, 0.15) is 11.5 Å². The van der Waals surface area contributed by atoms with E-state index >= 15 is 0 Å². The Morgan fingerprint density at radius 3 is 2.38 bits per heavy atom. The first-order valence-corrected chi connectivity index (χ1v) is 7.48. The number of nitrogens with zero attached hydrogens (tertiary/aromatic N) is 2. The van der Waals surface area contributed by atoms with Crippen molar-refractivity contribution in [3.63, 3.8) is 0 Å². The molecule has 116 valence electrons. The number of ether oxygens (including phenoxy) is 2. The minimum absolute atomic E-state index is 0.277. The molecule has 0 spiro atoms. The molecule has 0 aromatic heterocycles. The predicted octanol–water partition coefficient (Wildman–Crippen LogP) is 1.63. The molecule has 1 fully saturated rings. The number of methoxy groups -OCH3 is 2. The summed E-state index contributed by atoms with van der Waals surface area (Å²) in [6, 6.07) is 6.25. The van der Waals surface area contributed by atoms with Gasteiger partial charge in [0.2, 0.25) is 0 Å². The molecule has 2 N–H and O–H groups in total. The lowest BCUT2D eigenvalue weighted by Crippen LogP contribution is -2.50. The first kappa shape index (κ1) is 15.9. The molecule has 1 heterocycles. The number of benzene rings is 1. The highest BCUT2D eigenvalue weighted by molar-refractivity contribution is 7.80. The molecule has 5 nitrogen and oxygen atoms in total. The summed E-state index contributed by atoms with van der Waals surface area (Å²) >= 11 is 5.03. The van der Waals surface area contributed by atoms with Crippen LogP contribution in [-0.4, -0.2) is 55.3 Å². The third-order valence-corrected chi connectivity index (χ3v) is 4.32. The minimum Gasteiger partial charge on any atom is -0.497 e. The normalized spacial score (nSPS) is 17.4. The van der Waals surface area contributed by atoms with Crippen LogP contribution in [0, 0.1) is 0 Å². The first-order valence-electron chi connectivity index (χ1n) is 7.07. The Morgan fingerprint density at radius 2 is 1.86 bits per heavy atom. The Balaban J connectivity index is 2.10. The third kappa shape index (κ3) is 3.57. The molecule has 0 radical (unpaired) electrons. The Morgan fingerprint density at radius 1 is 1.19 bits per heavy atom. The van der Waals surface area contributed by atoms with Crippen LogP contribution in [0.2, 0.25) is 0 Å². The van der Waals surface area contributed by atoms with Crippen LogP contribution in [0.3, 0.4) is 0 Å². The molecule has 1 atom stereocenters. The lowest BCUT2D eigenvalue weighted by atomic mass is 10.0. The number of hydrogen-bond donors (Lipinski definition) is 1. The number of hydrogen-bond acceptors (Lipinski definition) is 4. The van der Waals surface area contributed by atoms with Gasteiger partial charge in [0, 0.05) is 43.9 Å². The molecular formula is C15H23N3O2S. The fourth-order valence-corrected chi connectivity index (χ4v) is 2.87. The minimum atomic E-state index is 0.277. The van der Waals surface area contributed by atoms with Gasteiger partial charge >= 0.3 is 0 Å². The second kappa shape index (κ2) is 6.95. The van der Waals surface area contributed by atoms with Crippen molar-refractivity contribution in [3.05, 3.63) is 23.8 Å². The van der Waals surface area contributed by atoms with E-state index in [4.69, 9.17) is 27.4 Å². The summed E-state index contributed by atoms with van der Waals surface area (Å²) in [6.07, 6.45) is 0. The summed E-state index contributed by atoms with van der Waals surface area (Å²) in [5, 5.41) is 0.490. The highest BCUT2D eigenvalue weighted by atomic mass is 32.1. The lowest BCUT2D eigenvalue weighted by molar-refractivity contribution is 0.139. The molecule has 1 saturated heterocycles. The summed E-state index contributed by atoms with van der Waals surface area (Å²) in [7, 11) is 3.35. The van der Waals surface area contributed by atoms with Crippen LogP contribution in [0.5, 0.6) is 11.5 Å². The summed E-state index contributed by atoms with van der Waals surface area (Å²) in [4.78, 5) is 4.46. The predicted molar refractivity (Wildman–Crippen MR) is 87.9 cm³/mol. The maximum absolute atomic E-state index is 5.68. The summed E-state index contributed by atoms with van der Waals surface area (Å²) in [6.45, 7) is 5.82. The molecule has 6 heteroatoms. The van der Waals surface area contributed by atoms with Gasteiger partial charge in [-0.2, -0.15) is 0 Å². The van der Waals surface area contributed by atoms with Crippen LogP contribution in [0.4, 0.5) is 0 Å². The van der Waals surface area contributed by atoms with E-state index in [9.17, 15) is 0 Å². The SMILES string of the molecule is COc1ccc([C@@H](C)N2CCN(C(N)=S)CC2)c(OC)c1. The molecule has 1 aromatic rings. The van der Waals surface area contributed by atoms with Crippen molar-refractivity contribution >= 4 is 17.3 Å². The zero-order chi connectivity index (χ0) is 15.4. The van der Waals surface area contributed by atoms with Crippen LogP contribution in [0.25, 0.3) is 0 Å². The van der Waals surface area contributed by atoms with Gasteiger partial charge in [-0.15, -0.1) is 0 Å². The van der Waals surface area contributed by atoms with Gasteiger partial charge in [0.15, 0.2) is 5.11 Å². The van der Waals surface area contributed by atoms with Crippen molar-refractivity contribution < 1.29 is 9.47 Å². The second-order valence-electron chi connectivity index (χ2n) is 5.15. The smallest absolute Gasteiger partial charge is 0.166 e. The molecule has 1 aliphatic rings. The molecule has 0 amide bonds. The molecule has 0 unspecified atom stereocenters. The largest absolute Gasteiger partial charge is 0.497 e. The lowest BCUT2D eigenvalue weighted by Gasteiger charge is -2.38. The Labute approximate surface area is 131 Å². The van der Waals surface area contributed by atoms with Gasteiger partial charge in [0.25, 0.3) is 0 Å². The Bertz CT molecular complexity index is 502. The monoisotopic (exact) mass is 309 g/mol. The quantitative estimate of drug-likeness (QED) is 0.853. The molecule has 0 saturated carbocycles. The van der Waals surface area contributed by atoms with E-state index in [1.165, 1.54) is 5.56 Å². The second-order valence-corrected chi connectivity index (χ2v) is 5.56. The molecule has 2 rings (SSSR count). The fourth-order valence-electron chi connectivity index (χ4n) is 2.69. The summed E-state index contributed by atoms with van der Waals surface area (Å²) < 4.78 is 10.8. The first-order chi connectivity index (χ1) is 10.1. The standard InChI is InChI=1S/C15H23N3O2S/c1-11(17-6-8-18(9-7-17)15(16)21)13-5-4-12(19-2)10-14(13)20-3/h4-5,10-11H,6-9H2,1-3H3,(H2,16,21)/t11-/m1/s1. The van der Waals surface area contributed by atoms with Gasteiger partial charge in [0.05, 0.1) is 14.2 Å². The van der Waals surface area contributed by atoms with E-state index in [2.05, 4.69) is 17.9 Å². The van der Waals surface area contributed by atoms with Crippen molar-refractivity contribution in [1.82, 2.24) is 9.80 Å². The molecule has 1 aliphatic heterocycles. The maximum Gasteiger partial charge on any atom is 0.166 e. The zero-order valence-corrected chi connectivity index (χ0v) is 13.7. The Kier molecular flexibility index (Phi) is 5.25. The third-order valence-electron chi connectivity index (χ3n) is 4.06. The van der Waals surface area contributed by atoms with Crippen LogP contribution >= 0.6 is 12.2 Å². The number of piperazine rings is 1. The van der Waals surface area contributed by atoms with Crippen LogP contribution < -0.4 is 15.2 Å². The fraction of sp³-hybridized carbons (Fsp3) is 0.533. The molecule has 0 aliphatic carbocycles. The van der Waals surface area contributed by atoms with Gasteiger partial charge in [-0.3, -0.25) is 4.90 Å². The number of nitrogens with two attached hydrogens (primary N) is 1. The van der Waals surface area contributed by atoms with E-state index in [-0.39, 0.29) is 6.04 Å². The molecule has 1 aromatic carbocycles.